The molecule has 0 saturated carbocycles. The van der Waals surface area contributed by atoms with Crippen molar-refractivity contribution in [2.24, 2.45) is 0 Å². The highest BCUT2D eigenvalue weighted by molar-refractivity contribution is 6.06. The summed E-state index contributed by atoms with van der Waals surface area (Å²) in [5.41, 5.74) is -0.857. The molecule has 2 rings (SSSR count). The summed E-state index contributed by atoms with van der Waals surface area (Å²) in [6.45, 7) is 2.85. The van der Waals surface area contributed by atoms with E-state index < -0.39 is 29.6 Å². The Kier molecular flexibility index (Phi) is 4.55. The Morgan fingerprint density at radius 3 is 2.39 bits per heavy atom. The number of imide groups is 1. The largest absolute Gasteiger partial charge is 0.491 e. The molecule has 0 radical (unpaired) electrons. The lowest BCUT2D eigenvalue weighted by Gasteiger charge is -2.19. The molecule has 0 spiro atoms. The minimum Gasteiger partial charge on any atom is -0.491 e. The van der Waals surface area contributed by atoms with Crippen molar-refractivity contribution >= 4 is 17.9 Å². The van der Waals surface area contributed by atoms with Gasteiger partial charge in [-0.25, -0.2) is 9.59 Å². The van der Waals surface area contributed by atoms with Crippen LogP contribution in [0.1, 0.15) is 24.2 Å². The van der Waals surface area contributed by atoms with E-state index in [2.05, 4.69) is 5.32 Å². The van der Waals surface area contributed by atoms with Crippen LogP contribution in [0.4, 0.5) is 4.79 Å². The second-order valence-electron chi connectivity index (χ2n) is 5.77. The van der Waals surface area contributed by atoms with Gasteiger partial charge in [-0.15, -0.1) is 0 Å². The van der Waals surface area contributed by atoms with E-state index in [1.54, 1.807) is 13.8 Å². The monoisotopic (exact) mass is 322 g/mol. The van der Waals surface area contributed by atoms with Crippen LogP contribution >= 0.6 is 0 Å². The maximum absolute atomic E-state index is 12.0. The molecule has 1 aliphatic rings. The highest BCUT2D eigenvalue weighted by Gasteiger charge is 2.44. The third kappa shape index (κ3) is 3.78. The Hall–Kier alpha value is -2.61. The third-order valence-electron chi connectivity index (χ3n) is 3.38. The molecule has 0 aliphatic carbocycles. The fraction of sp³-hybridized carbons (Fsp3) is 0.400. The number of hydrogen-bond donors (Lipinski definition) is 3. The molecule has 23 heavy (non-hydrogen) atoms. The zero-order chi connectivity index (χ0) is 17.2. The normalized spacial score (nSPS) is 17.8. The summed E-state index contributed by atoms with van der Waals surface area (Å²) in [7, 11) is 0. The van der Waals surface area contributed by atoms with E-state index in [0.717, 1.165) is 4.90 Å². The molecule has 1 aliphatic heterocycles. The summed E-state index contributed by atoms with van der Waals surface area (Å²) in [6.07, 6.45) is -1.06. The number of rotatable bonds is 6. The van der Waals surface area contributed by atoms with Gasteiger partial charge in [0.25, 0.3) is 5.91 Å². The van der Waals surface area contributed by atoms with Crippen LogP contribution in [0.3, 0.4) is 0 Å². The number of amides is 3. The van der Waals surface area contributed by atoms with Gasteiger partial charge in [0, 0.05) is 0 Å². The Bertz CT molecular complexity index is 625. The SMILES string of the molecule is CC1(C)NC(=O)N(CC(O)COc2ccc(C(=O)O)cc2)C1=O. The van der Waals surface area contributed by atoms with Crippen LogP contribution in [0.5, 0.6) is 5.75 Å². The van der Waals surface area contributed by atoms with Gasteiger partial charge in [0.1, 0.15) is 24.0 Å². The number of benzene rings is 1. The number of nitrogens with one attached hydrogen (secondary N) is 1. The molecule has 1 atom stereocenters. The van der Waals surface area contributed by atoms with Gasteiger partial charge in [-0.2, -0.15) is 0 Å². The summed E-state index contributed by atoms with van der Waals surface area (Å²) in [4.78, 5) is 35.4. The molecule has 3 amide bonds. The number of hydrogen-bond acceptors (Lipinski definition) is 5. The summed E-state index contributed by atoms with van der Waals surface area (Å²) in [6, 6.07) is 5.14. The molecule has 124 valence electrons. The standard InChI is InChI=1S/C15H18N2O6/c1-15(2)13(21)17(14(22)16-15)7-10(18)8-23-11-5-3-9(4-6-11)12(19)20/h3-6,10,18H,7-8H2,1-2H3,(H,16,22)(H,19,20). The van der Waals surface area contributed by atoms with Crippen LogP contribution in [0, 0.1) is 0 Å². The van der Waals surface area contributed by atoms with Gasteiger partial charge in [-0.05, 0) is 38.1 Å². The Balaban J connectivity index is 1.88. The number of ether oxygens (including phenoxy) is 1. The summed E-state index contributed by atoms with van der Waals surface area (Å²) < 4.78 is 5.32. The summed E-state index contributed by atoms with van der Waals surface area (Å²) in [5, 5.41) is 21.2. The first-order valence-electron chi connectivity index (χ1n) is 6.99. The van der Waals surface area contributed by atoms with Gasteiger partial charge in [-0.3, -0.25) is 9.69 Å². The van der Waals surface area contributed by atoms with Crippen LogP contribution in [-0.2, 0) is 4.79 Å². The number of urea groups is 1. The van der Waals surface area contributed by atoms with Gasteiger partial charge in [0.2, 0.25) is 0 Å². The van der Waals surface area contributed by atoms with E-state index in [0.29, 0.717) is 5.75 Å². The van der Waals surface area contributed by atoms with Crippen LogP contribution < -0.4 is 10.1 Å². The number of aliphatic hydroxyl groups is 1. The minimum atomic E-state index is -1.06. The molecule has 1 aromatic carbocycles. The van der Waals surface area contributed by atoms with E-state index in [4.69, 9.17) is 9.84 Å². The second kappa shape index (κ2) is 6.25. The van der Waals surface area contributed by atoms with Crippen molar-refractivity contribution in [2.75, 3.05) is 13.2 Å². The molecule has 1 aromatic rings. The average molecular weight is 322 g/mol. The van der Waals surface area contributed by atoms with Crippen molar-refractivity contribution < 1.29 is 29.3 Å². The highest BCUT2D eigenvalue weighted by atomic mass is 16.5. The number of carboxylic acids is 1. The van der Waals surface area contributed by atoms with Gasteiger partial charge in [0.05, 0.1) is 12.1 Å². The number of nitrogens with zero attached hydrogens (tertiary/aromatic N) is 1. The lowest BCUT2D eigenvalue weighted by atomic mass is 10.1. The van der Waals surface area contributed by atoms with Gasteiger partial charge >= 0.3 is 12.0 Å². The number of carbonyl (C=O) groups excluding carboxylic acids is 2. The van der Waals surface area contributed by atoms with Gasteiger partial charge in [0.15, 0.2) is 0 Å². The zero-order valence-electron chi connectivity index (χ0n) is 12.8. The van der Waals surface area contributed by atoms with Crippen molar-refractivity contribution in [3.63, 3.8) is 0 Å². The number of aromatic carboxylic acids is 1. The molecule has 1 heterocycles. The van der Waals surface area contributed by atoms with Crippen molar-refractivity contribution in [3.8, 4) is 5.75 Å². The molecule has 1 unspecified atom stereocenters. The number of carboxylic acid groups (broad SMARTS) is 1. The van der Waals surface area contributed by atoms with Crippen LogP contribution in [-0.4, -0.2) is 57.8 Å². The maximum atomic E-state index is 12.0. The molecule has 0 bridgehead atoms. The fourth-order valence-electron chi connectivity index (χ4n) is 2.13. The minimum absolute atomic E-state index is 0.125. The molecule has 8 nitrogen and oxygen atoms in total. The zero-order valence-corrected chi connectivity index (χ0v) is 12.8. The van der Waals surface area contributed by atoms with Crippen LogP contribution in [0.25, 0.3) is 0 Å². The lowest BCUT2D eigenvalue weighted by Crippen LogP contribution is -2.42. The molecule has 1 fully saturated rings. The van der Waals surface area contributed by atoms with Crippen molar-refractivity contribution in [1.82, 2.24) is 10.2 Å². The first kappa shape index (κ1) is 16.8. The molecular weight excluding hydrogens is 304 g/mol. The maximum Gasteiger partial charge on any atom is 0.335 e. The molecule has 0 aromatic heterocycles. The fourth-order valence-corrected chi connectivity index (χ4v) is 2.13. The first-order valence-corrected chi connectivity index (χ1v) is 6.99. The van der Waals surface area contributed by atoms with E-state index in [-0.39, 0.29) is 18.7 Å². The van der Waals surface area contributed by atoms with Crippen LogP contribution in [0.2, 0.25) is 0 Å². The average Bonchev–Trinajstić information content (AvgIpc) is 2.67. The van der Waals surface area contributed by atoms with Crippen molar-refractivity contribution in [1.29, 1.82) is 0 Å². The number of aliphatic hydroxyl groups excluding tert-OH is 1. The molecule has 8 heteroatoms. The van der Waals surface area contributed by atoms with Gasteiger partial charge < -0.3 is 20.3 Å². The molecule has 3 N–H and O–H groups in total. The number of β-amino-alcohol motifs (C(OH)–C–C–N with tert-alkyl or cyclic N) is 1. The topological polar surface area (TPSA) is 116 Å². The smallest absolute Gasteiger partial charge is 0.335 e. The summed E-state index contributed by atoms with van der Waals surface area (Å²) in [5.74, 6) is -1.07. The Morgan fingerprint density at radius 2 is 1.91 bits per heavy atom. The Morgan fingerprint density at radius 1 is 1.30 bits per heavy atom. The quantitative estimate of drug-likeness (QED) is 0.655. The highest BCUT2D eigenvalue weighted by Crippen LogP contribution is 2.17. The summed E-state index contributed by atoms with van der Waals surface area (Å²) >= 11 is 0. The molecule has 1 saturated heterocycles. The van der Waals surface area contributed by atoms with E-state index >= 15 is 0 Å². The van der Waals surface area contributed by atoms with E-state index in [1.807, 2.05) is 0 Å². The third-order valence-corrected chi connectivity index (χ3v) is 3.38. The van der Waals surface area contributed by atoms with Gasteiger partial charge in [-0.1, -0.05) is 0 Å². The van der Waals surface area contributed by atoms with Crippen LogP contribution in [0.15, 0.2) is 24.3 Å². The lowest BCUT2D eigenvalue weighted by molar-refractivity contribution is -0.131. The Labute approximate surface area is 132 Å². The first-order chi connectivity index (χ1) is 10.7. The van der Waals surface area contributed by atoms with E-state index in [1.165, 1.54) is 24.3 Å². The predicted octanol–water partition coefficient (Wildman–Crippen LogP) is 0.455. The number of carbonyl (C=O) groups is 3. The predicted molar refractivity (Wildman–Crippen MR) is 79.2 cm³/mol. The second-order valence-corrected chi connectivity index (χ2v) is 5.77. The van der Waals surface area contributed by atoms with Crippen molar-refractivity contribution in [3.05, 3.63) is 29.8 Å². The molecular formula is C15H18N2O6. The van der Waals surface area contributed by atoms with Crippen molar-refractivity contribution in [2.45, 2.75) is 25.5 Å². The van der Waals surface area contributed by atoms with E-state index in [9.17, 15) is 19.5 Å².